The first-order chi connectivity index (χ1) is 14.5. The van der Waals surface area contributed by atoms with Crippen LogP contribution in [0.3, 0.4) is 0 Å². The summed E-state index contributed by atoms with van der Waals surface area (Å²) in [5.74, 6) is -1.93. The van der Waals surface area contributed by atoms with Gasteiger partial charge in [0.1, 0.15) is 23.4 Å². The fraction of sp³-hybridized carbons (Fsp3) is 0.227. The number of hydrogen-bond donors (Lipinski definition) is 0. The van der Waals surface area contributed by atoms with Crippen molar-refractivity contribution >= 4 is 11.9 Å². The van der Waals surface area contributed by atoms with E-state index in [1.165, 1.54) is 41.3 Å². The van der Waals surface area contributed by atoms with Crippen molar-refractivity contribution in [2.24, 2.45) is 0 Å². The maximum Gasteiger partial charge on any atom is 0.341 e. The summed E-state index contributed by atoms with van der Waals surface area (Å²) in [7, 11) is 0. The van der Waals surface area contributed by atoms with E-state index in [1.807, 2.05) is 0 Å². The molecule has 8 heteroatoms. The standard InChI is InChI=1S/C22H19F2N3O3/c23-18-6-2-1-5-17(18)21(28)26-11-9-16(10-12-26)30-22(29)15-13-25-27(14-15)20-8-4-3-7-19(20)24/h1-8,13-14,16H,9-12H2. The number of likely N-dealkylation sites (tertiary alicyclic amines) is 1. The third kappa shape index (κ3) is 4.07. The van der Waals surface area contributed by atoms with Crippen molar-refractivity contribution in [3.63, 3.8) is 0 Å². The lowest BCUT2D eigenvalue weighted by Crippen LogP contribution is -2.41. The van der Waals surface area contributed by atoms with Crippen LogP contribution in [0.2, 0.25) is 0 Å². The zero-order chi connectivity index (χ0) is 21.1. The minimum atomic E-state index is -0.559. The van der Waals surface area contributed by atoms with Crippen LogP contribution in [-0.2, 0) is 4.74 Å². The fourth-order valence-corrected chi connectivity index (χ4v) is 3.40. The number of piperidine rings is 1. The summed E-state index contributed by atoms with van der Waals surface area (Å²) in [6.07, 6.45) is 3.28. The highest BCUT2D eigenvalue weighted by molar-refractivity contribution is 5.94. The van der Waals surface area contributed by atoms with Crippen LogP contribution < -0.4 is 0 Å². The Morgan fingerprint density at radius 3 is 2.33 bits per heavy atom. The number of carbonyl (C=O) groups excluding carboxylic acids is 2. The van der Waals surface area contributed by atoms with Crippen LogP contribution in [0.1, 0.15) is 33.6 Å². The molecule has 30 heavy (non-hydrogen) atoms. The van der Waals surface area contributed by atoms with Crippen molar-refractivity contribution in [3.05, 3.63) is 83.7 Å². The lowest BCUT2D eigenvalue weighted by atomic mass is 10.1. The predicted octanol–water partition coefficient (Wildman–Crippen LogP) is 3.61. The topological polar surface area (TPSA) is 64.4 Å². The summed E-state index contributed by atoms with van der Waals surface area (Å²) < 4.78 is 34.5. The molecule has 0 atom stereocenters. The highest BCUT2D eigenvalue weighted by Crippen LogP contribution is 2.20. The van der Waals surface area contributed by atoms with Crippen LogP contribution in [0.5, 0.6) is 0 Å². The van der Waals surface area contributed by atoms with Crippen molar-refractivity contribution in [1.82, 2.24) is 14.7 Å². The molecular weight excluding hydrogens is 392 g/mol. The van der Waals surface area contributed by atoms with E-state index in [9.17, 15) is 18.4 Å². The highest BCUT2D eigenvalue weighted by Gasteiger charge is 2.27. The minimum Gasteiger partial charge on any atom is -0.459 e. The third-order valence-electron chi connectivity index (χ3n) is 5.02. The van der Waals surface area contributed by atoms with Crippen molar-refractivity contribution in [1.29, 1.82) is 0 Å². The molecule has 2 aromatic carbocycles. The summed E-state index contributed by atoms with van der Waals surface area (Å²) >= 11 is 0. The van der Waals surface area contributed by atoms with Crippen LogP contribution >= 0.6 is 0 Å². The normalized spacial score (nSPS) is 14.5. The van der Waals surface area contributed by atoms with Gasteiger partial charge in [-0.2, -0.15) is 5.10 Å². The van der Waals surface area contributed by atoms with Crippen LogP contribution in [-0.4, -0.2) is 45.8 Å². The summed E-state index contributed by atoms with van der Waals surface area (Å²) in [5.41, 5.74) is 0.480. The van der Waals surface area contributed by atoms with Gasteiger partial charge in [0.05, 0.1) is 17.3 Å². The molecule has 6 nitrogen and oxygen atoms in total. The lowest BCUT2D eigenvalue weighted by molar-refractivity contribution is 0.0120. The first kappa shape index (κ1) is 19.8. The first-order valence-corrected chi connectivity index (χ1v) is 9.57. The minimum absolute atomic E-state index is 0.0357. The molecular formula is C22H19F2N3O3. The molecule has 0 radical (unpaired) electrons. The van der Waals surface area contributed by atoms with Gasteiger partial charge in [-0.25, -0.2) is 18.3 Å². The van der Waals surface area contributed by atoms with Gasteiger partial charge >= 0.3 is 5.97 Å². The Bertz CT molecular complexity index is 1070. The number of para-hydroxylation sites is 1. The Morgan fingerprint density at radius 1 is 0.967 bits per heavy atom. The second-order valence-electron chi connectivity index (χ2n) is 7.00. The Balaban J connectivity index is 1.34. The van der Waals surface area contributed by atoms with Crippen molar-refractivity contribution < 1.29 is 23.1 Å². The number of carbonyl (C=O) groups is 2. The van der Waals surface area contributed by atoms with Gasteiger partial charge in [0.25, 0.3) is 5.91 Å². The van der Waals surface area contributed by atoms with Gasteiger partial charge < -0.3 is 9.64 Å². The molecule has 154 valence electrons. The maximum absolute atomic E-state index is 13.9. The van der Waals surface area contributed by atoms with E-state index in [-0.39, 0.29) is 28.8 Å². The van der Waals surface area contributed by atoms with E-state index in [4.69, 9.17) is 4.74 Å². The molecule has 4 rings (SSSR count). The van der Waals surface area contributed by atoms with Gasteiger partial charge in [-0.3, -0.25) is 4.79 Å². The van der Waals surface area contributed by atoms with Crippen LogP contribution in [0.4, 0.5) is 8.78 Å². The molecule has 0 aliphatic carbocycles. The highest BCUT2D eigenvalue weighted by atomic mass is 19.1. The average Bonchev–Trinajstić information content (AvgIpc) is 3.25. The molecule has 0 spiro atoms. The molecule has 0 saturated carbocycles. The zero-order valence-electron chi connectivity index (χ0n) is 16.0. The summed E-state index contributed by atoms with van der Waals surface area (Å²) in [5, 5.41) is 4.03. The van der Waals surface area contributed by atoms with E-state index in [0.29, 0.717) is 25.9 Å². The Kier molecular flexibility index (Phi) is 5.56. The Hall–Kier alpha value is -3.55. The number of aromatic nitrogens is 2. The van der Waals surface area contributed by atoms with Gasteiger partial charge in [-0.15, -0.1) is 0 Å². The predicted molar refractivity (Wildman–Crippen MR) is 104 cm³/mol. The number of amides is 1. The molecule has 1 aliphatic heterocycles. The average molecular weight is 411 g/mol. The van der Waals surface area contributed by atoms with E-state index in [0.717, 1.165) is 0 Å². The number of ether oxygens (including phenoxy) is 1. The van der Waals surface area contributed by atoms with Gasteiger partial charge in [-0.05, 0) is 24.3 Å². The molecule has 0 N–H and O–H groups in total. The SMILES string of the molecule is O=C(OC1CCN(C(=O)c2ccccc2F)CC1)c1cnn(-c2ccccc2F)c1. The number of benzene rings is 2. The second-order valence-corrected chi connectivity index (χ2v) is 7.00. The second kappa shape index (κ2) is 8.44. The summed E-state index contributed by atoms with van der Waals surface area (Å²) in [6.45, 7) is 0.721. The van der Waals surface area contributed by atoms with Crippen LogP contribution in [0, 0.1) is 11.6 Å². The fourth-order valence-electron chi connectivity index (χ4n) is 3.40. The smallest absolute Gasteiger partial charge is 0.341 e. The number of rotatable bonds is 4. The largest absolute Gasteiger partial charge is 0.459 e. The maximum atomic E-state index is 13.9. The van der Waals surface area contributed by atoms with E-state index >= 15 is 0 Å². The molecule has 1 aliphatic rings. The van der Waals surface area contributed by atoms with Crippen molar-refractivity contribution in [2.45, 2.75) is 18.9 Å². The lowest BCUT2D eigenvalue weighted by Gasteiger charge is -2.31. The summed E-state index contributed by atoms with van der Waals surface area (Å²) in [6, 6.07) is 12.0. The molecule has 3 aromatic rings. The number of esters is 1. The Labute approximate surface area is 171 Å². The summed E-state index contributed by atoms with van der Waals surface area (Å²) in [4.78, 5) is 26.5. The van der Waals surface area contributed by atoms with E-state index in [2.05, 4.69) is 5.10 Å². The van der Waals surface area contributed by atoms with Gasteiger partial charge in [0.15, 0.2) is 0 Å². The molecule has 0 bridgehead atoms. The number of halogens is 2. The van der Waals surface area contributed by atoms with Gasteiger partial charge in [0, 0.05) is 32.1 Å². The Morgan fingerprint density at radius 2 is 1.63 bits per heavy atom. The molecule has 1 amide bonds. The zero-order valence-corrected chi connectivity index (χ0v) is 16.0. The molecule has 2 heterocycles. The molecule has 1 aromatic heterocycles. The monoisotopic (exact) mass is 411 g/mol. The first-order valence-electron chi connectivity index (χ1n) is 9.57. The van der Waals surface area contributed by atoms with E-state index in [1.54, 1.807) is 29.2 Å². The molecule has 1 saturated heterocycles. The number of nitrogens with zero attached hydrogens (tertiary/aromatic N) is 3. The van der Waals surface area contributed by atoms with Gasteiger partial charge in [0.2, 0.25) is 0 Å². The quantitative estimate of drug-likeness (QED) is 0.616. The van der Waals surface area contributed by atoms with Crippen molar-refractivity contribution in [3.8, 4) is 5.69 Å². The van der Waals surface area contributed by atoms with Crippen molar-refractivity contribution in [2.75, 3.05) is 13.1 Å². The number of hydrogen-bond acceptors (Lipinski definition) is 4. The van der Waals surface area contributed by atoms with E-state index < -0.39 is 17.6 Å². The van der Waals surface area contributed by atoms with Gasteiger partial charge in [-0.1, -0.05) is 24.3 Å². The molecule has 1 fully saturated rings. The van der Waals surface area contributed by atoms with Crippen LogP contribution in [0.15, 0.2) is 60.9 Å². The molecule has 0 unspecified atom stereocenters. The van der Waals surface area contributed by atoms with Crippen LogP contribution in [0.25, 0.3) is 5.69 Å². The third-order valence-corrected chi connectivity index (χ3v) is 5.02.